The Morgan fingerprint density at radius 2 is 2.13 bits per heavy atom. The Hall–Kier alpha value is -1.35. The summed E-state index contributed by atoms with van der Waals surface area (Å²) in [7, 11) is 1.43. The number of hydrogen-bond donors (Lipinski definition) is 0. The third-order valence-electron chi connectivity index (χ3n) is 2.49. The molecule has 0 amide bonds. The molecule has 0 fully saturated rings. The van der Waals surface area contributed by atoms with Crippen LogP contribution in [0.4, 0.5) is 0 Å². The van der Waals surface area contributed by atoms with Crippen LogP contribution in [0, 0.1) is 0 Å². The summed E-state index contributed by atoms with van der Waals surface area (Å²) in [5, 5.41) is 4.41. The highest BCUT2D eigenvalue weighted by Gasteiger charge is 2.19. The number of methoxy groups -OCH3 is 1. The quantitative estimate of drug-likeness (QED) is 0.726. The van der Waals surface area contributed by atoms with Crippen molar-refractivity contribution in [3.8, 4) is 0 Å². The zero-order valence-corrected chi connectivity index (χ0v) is 9.51. The maximum Gasteiger partial charge on any atom is 0.313 e. The number of rotatable bonds is 2. The van der Waals surface area contributed by atoms with Crippen LogP contribution in [0.1, 0.15) is 17.7 Å². The third-order valence-corrected chi connectivity index (χ3v) is 3.69. The highest BCUT2D eigenvalue weighted by Crippen LogP contribution is 2.32. The standard InChI is InChI=1S/C12H12O2S/c1-8(12(13)14-2)11-10-6-4-3-5-9(10)7-15-11/h3-8H,1-2H3. The summed E-state index contributed by atoms with van der Waals surface area (Å²) in [6.07, 6.45) is 0. The first-order chi connectivity index (χ1) is 7.24. The Morgan fingerprint density at radius 1 is 1.40 bits per heavy atom. The fourth-order valence-corrected chi connectivity index (χ4v) is 2.71. The molecular weight excluding hydrogens is 208 g/mol. The van der Waals surface area contributed by atoms with Crippen LogP contribution in [0.15, 0.2) is 29.6 Å². The normalized spacial score (nSPS) is 12.7. The molecule has 0 aliphatic heterocycles. The van der Waals surface area contributed by atoms with E-state index < -0.39 is 0 Å². The molecule has 1 unspecified atom stereocenters. The van der Waals surface area contributed by atoms with Gasteiger partial charge in [0, 0.05) is 4.88 Å². The van der Waals surface area contributed by atoms with Gasteiger partial charge in [-0.1, -0.05) is 24.3 Å². The number of carbonyl (C=O) groups excluding carboxylic acids is 1. The maximum atomic E-state index is 11.4. The molecule has 0 bridgehead atoms. The van der Waals surface area contributed by atoms with Crippen LogP contribution < -0.4 is 0 Å². The molecule has 1 aromatic heterocycles. The summed E-state index contributed by atoms with van der Waals surface area (Å²) >= 11 is 1.61. The van der Waals surface area contributed by atoms with Crippen LogP contribution in [0.5, 0.6) is 0 Å². The van der Waals surface area contributed by atoms with E-state index in [-0.39, 0.29) is 11.9 Å². The molecular formula is C12H12O2S. The van der Waals surface area contributed by atoms with E-state index in [9.17, 15) is 4.79 Å². The van der Waals surface area contributed by atoms with Crippen molar-refractivity contribution in [3.63, 3.8) is 0 Å². The molecule has 15 heavy (non-hydrogen) atoms. The zero-order chi connectivity index (χ0) is 10.8. The fraction of sp³-hybridized carbons (Fsp3) is 0.250. The van der Waals surface area contributed by atoms with Crippen LogP contribution in [0.2, 0.25) is 0 Å². The first-order valence-corrected chi connectivity index (χ1v) is 5.66. The molecule has 0 saturated heterocycles. The lowest BCUT2D eigenvalue weighted by Crippen LogP contribution is -2.09. The van der Waals surface area contributed by atoms with Crippen molar-refractivity contribution >= 4 is 28.1 Å². The lowest BCUT2D eigenvalue weighted by atomic mass is 10.1. The number of benzene rings is 1. The maximum absolute atomic E-state index is 11.4. The van der Waals surface area contributed by atoms with Crippen LogP contribution >= 0.6 is 11.3 Å². The molecule has 2 nitrogen and oxygen atoms in total. The summed E-state index contributed by atoms with van der Waals surface area (Å²) in [6, 6.07) is 8.09. The number of esters is 1. The Labute approximate surface area is 92.5 Å². The monoisotopic (exact) mass is 220 g/mol. The van der Waals surface area contributed by atoms with Crippen LogP contribution in [-0.2, 0) is 9.53 Å². The second kappa shape index (κ2) is 4.03. The van der Waals surface area contributed by atoms with Crippen molar-refractivity contribution < 1.29 is 9.53 Å². The van der Waals surface area contributed by atoms with Gasteiger partial charge >= 0.3 is 5.97 Å². The summed E-state index contributed by atoms with van der Waals surface area (Å²) in [5.41, 5.74) is 0. The minimum atomic E-state index is -0.181. The smallest absolute Gasteiger partial charge is 0.313 e. The minimum Gasteiger partial charge on any atom is -0.469 e. The van der Waals surface area contributed by atoms with E-state index in [1.807, 2.05) is 25.1 Å². The van der Waals surface area contributed by atoms with Crippen molar-refractivity contribution in [1.29, 1.82) is 0 Å². The van der Waals surface area contributed by atoms with E-state index in [2.05, 4.69) is 11.4 Å². The van der Waals surface area contributed by atoms with Gasteiger partial charge in [-0.05, 0) is 23.1 Å². The van der Waals surface area contributed by atoms with E-state index >= 15 is 0 Å². The average molecular weight is 220 g/mol. The molecule has 0 saturated carbocycles. The first-order valence-electron chi connectivity index (χ1n) is 4.78. The molecule has 78 valence electrons. The molecule has 1 heterocycles. The van der Waals surface area contributed by atoms with E-state index in [0.717, 1.165) is 10.3 Å². The van der Waals surface area contributed by atoms with Gasteiger partial charge in [-0.2, -0.15) is 0 Å². The van der Waals surface area contributed by atoms with E-state index in [1.54, 1.807) is 11.3 Å². The number of hydrogen-bond acceptors (Lipinski definition) is 3. The third kappa shape index (κ3) is 1.75. The number of carbonyl (C=O) groups is 1. The van der Waals surface area contributed by atoms with Gasteiger partial charge in [0.1, 0.15) is 0 Å². The summed E-state index contributed by atoms with van der Waals surface area (Å²) in [6.45, 7) is 1.88. The van der Waals surface area contributed by atoms with Gasteiger partial charge in [0.25, 0.3) is 0 Å². The zero-order valence-electron chi connectivity index (χ0n) is 8.69. The first kappa shape index (κ1) is 10.2. The van der Waals surface area contributed by atoms with Gasteiger partial charge in [0.05, 0.1) is 13.0 Å². The van der Waals surface area contributed by atoms with Gasteiger partial charge < -0.3 is 4.74 Å². The van der Waals surface area contributed by atoms with E-state index in [4.69, 9.17) is 4.74 Å². The van der Waals surface area contributed by atoms with Crippen LogP contribution in [-0.4, -0.2) is 13.1 Å². The average Bonchev–Trinajstić information content (AvgIpc) is 2.70. The van der Waals surface area contributed by atoms with Gasteiger partial charge in [0.15, 0.2) is 0 Å². The Balaban J connectivity index is 2.48. The van der Waals surface area contributed by atoms with Crippen molar-refractivity contribution in [2.24, 2.45) is 0 Å². The van der Waals surface area contributed by atoms with Gasteiger partial charge in [-0.25, -0.2) is 0 Å². The van der Waals surface area contributed by atoms with Crippen LogP contribution in [0.3, 0.4) is 0 Å². The summed E-state index contributed by atoms with van der Waals surface area (Å²) in [5.74, 6) is -0.359. The highest BCUT2D eigenvalue weighted by atomic mass is 32.1. The van der Waals surface area contributed by atoms with Crippen molar-refractivity contribution in [1.82, 2.24) is 0 Å². The van der Waals surface area contributed by atoms with Crippen molar-refractivity contribution in [2.75, 3.05) is 7.11 Å². The molecule has 0 spiro atoms. The Bertz CT molecular complexity index is 487. The number of ether oxygens (including phenoxy) is 1. The molecule has 0 radical (unpaired) electrons. The van der Waals surface area contributed by atoms with Gasteiger partial charge in [-0.15, -0.1) is 11.3 Å². The van der Waals surface area contributed by atoms with Gasteiger partial charge in [-0.3, -0.25) is 4.79 Å². The Morgan fingerprint density at radius 3 is 2.87 bits per heavy atom. The summed E-state index contributed by atoms with van der Waals surface area (Å²) < 4.78 is 4.75. The summed E-state index contributed by atoms with van der Waals surface area (Å²) in [4.78, 5) is 12.5. The molecule has 3 heteroatoms. The second-order valence-electron chi connectivity index (χ2n) is 3.43. The molecule has 0 aliphatic rings. The van der Waals surface area contributed by atoms with Crippen molar-refractivity contribution in [3.05, 3.63) is 34.5 Å². The number of thiophene rings is 1. The molecule has 1 aromatic carbocycles. The predicted molar refractivity (Wildman–Crippen MR) is 62.3 cm³/mol. The lowest BCUT2D eigenvalue weighted by Gasteiger charge is -2.07. The predicted octanol–water partition coefficient (Wildman–Crippen LogP) is 3.18. The van der Waals surface area contributed by atoms with E-state index in [1.165, 1.54) is 12.5 Å². The van der Waals surface area contributed by atoms with Gasteiger partial charge in [0.2, 0.25) is 0 Å². The fourth-order valence-electron chi connectivity index (χ4n) is 1.63. The van der Waals surface area contributed by atoms with Crippen molar-refractivity contribution in [2.45, 2.75) is 12.8 Å². The lowest BCUT2D eigenvalue weighted by molar-refractivity contribution is -0.141. The minimum absolute atomic E-state index is 0.178. The molecule has 0 N–H and O–H groups in total. The molecule has 2 rings (SSSR count). The largest absolute Gasteiger partial charge is 0.469 e. The SMILES string of the molecule is COC(=O)C(C)c1scc2ccccc12. The topological polar surface area (TPSA) is 26.3 Å². The number of fused-ring (bicyclic) bond motifs is 1. The molecule has 1 atom stereocenters. The molecule has 2 aromatic rings. The highest BCUT2D eigenvalue weighted by molar-refractivity contribution is 7.11. The Kier molecular flexibility index (Phi) is 2.73. The van der Waals surface area contributed by atoms with E-state index in [0.29, 0.717) is 0 Å². The molecule has 0 aliphatic carbocycles. The van der Waals surface area contributed by atoms with Crippen LogP contribution in [0.25, 0.3) is 10.8 Å². The second-order valence-corrected chi connectivity index (χ2v) is 4.34.